The van der Waals surface area contributed by atoms with Crippen LogP contribution in [0.4, 0.5) is 10.1 Å². The second-order valence-corrected chi connectivity index (χ2v) is 9.54. The fourth-order valence-corrected chi connectivity index (χ4v) is 5.05. The van der Waals surface area contributed by atoms with Crippen LogP contribution in [-0.2, 0) is 14.4 Å². The summed E-state index contributed by atoms with van der Waals surface area (Å²) in [6, 6.07) is 19.4. The molecule has 0 bridgehead atoms. The van der Waals surface area contributed by atoms with Crippen LogP contribution in [0, 0.1) is 5.82 Å². The quantitative estimate of drug-likeness (QED) is 0.463. The van der Waals surface area contributed by atoms with Gasteiger partial charge in [0.2, 0.25) is 0 Å². The standard InChI is InChI=1S/C27H20ClFN6O3/c28-18-11-9-16(10-12-18)21-14-22(17-5-2-1-3-6-17)35(31-21)23(36)15-33-25-24(30-32-33)26(37)34(27(25)38)20-8-4-7-19(29)13-20/h1-13,22,24-25H,14-15H2/t22-,24+,25-/m0/s1. The van der Waals surface area contributed by atoms with E-state index in [0.717, 1.165) is 22.1 Å². The molecule has 3 aliphatic rings. The molecule has 1 fully saturated rings. The van der Waals surface area contributed by atoms with Gasteiger partial charge in [0.25, 0.3) is 17.7 Å². The molecule has 0 aromatic heterocycles. The maximum Gasteiger partial charge on any atom is 0.264 e. The van der Waals surface area contributed by atoms with Crippen molar-refractivity contribution in [2.24, 2.45) is 15.4 Å². The van der Waals surface area contributed by atoms with Crippen molar-refractivity contribution < 1.29 is 18.8 Å². The Hall–Kier alpha value is -4.44. The minimum absolute atomic E-state index is 0.108. The number of nitrogens with zero attached hydrogens (tertiary/aromatic N) is 6. The first kappa shape index (κ1) is 23.9. The number of fused-ring (bicyclic) bond motifs is 1. The largest absolute Gasteiger partial charge is 0.271 e. The van der Waals surface area contributed by atoms with Crippen molar-refractivity contribution in [3.05, 3.63) is 101 Å². The van der Waals surface area contributed by atoms with Crippen LogP contribution in [0.5, 0.6) is 0 Å². The van der Waals surface area contributed by atoms with Crippen LogP contribution in [0.2, 0.25) is 5.02 Å². The molecule has 11 heteroatoms. The van der Waals surface area contributed by atoms with Gasteiger partial charge in [-0.3, -0.25) is 19.4 Å². The van der Waals surface area contributed by atoms with Gasteiger partial charge in [-0.25, -0.2) is 14.3 Å². The van der Waals surface area contributed by atoms with E-state index in [1.165, 1.54) is 28.2 Å². The van der Waals surface area contributed by atoms with Gasteiger partial charge in [0.05, 0.1) is 17.4 Å². The summed E-state index contributed by atoms with van der Waals surface area (Å²) in [5.41, 5.74) is 2.57. The minimum Gasteiger partial charge on any atom is -0.271 e. The van der Waals surface area contributed by atoms with Crippen LogP contribution in [0.25, 0.3) is 0 Å². The molecule has 0 unspecified atom stereocenters. The molecule has 3 heterocycles. The number of anilines is 1. The Morgan fingerprint density at radius 2 is 1.74 bits per heavy atom. The van der Waals surface area contributed by atoms with E-state index in [9.17, 15) is 18.8 Å². The zero-order valence-electron chi connectivity index (χ0n) is 19.8. The van der Waals surface area contributed by atoms with Gasteiger partial charge in [-0.15, -0.1) is 0 Å². The lowest BCUT2D eigenvalue weighted by molar-refractivity contribution is -0.135. The first-order valence-electron chi connectivity index (χ1n) is 11.9. The molecule has 6 rings (SSSR count). The Morgan fingerprint density at radius 3 is 2.47 bits per heavy atom. The number of hydrazone groups is 1. The Balaban J connectivity index is 1.26. The third-order valence-corrected chi connectivity index (χ3v) is 7.00. The molecule has 0 spiro atoms. The summed E-state index contributed by atoms with van der Waals surface area (Å²) in [4.78, 5) is 40.6. The first-order valence-corrected chi connectivity index (χ1v) is 12.3. The summed E-state index contributed by atoms with van der Waals surface area (Å²) < 4.78 is 13.8. The summed E-state index contributed by atoms with van der Waals surface area (Å²) in [6.45, 7) is -0.318. The average Bonchev–Trinajstić information content (AvgIpc) is 3.60. The molecule has 0 saturated carbocycles. The van der Waals surface area contributed by atoms with Crippen LogP contribution < -0.4 is 4.90 Å². The SMILES string of the molecule is O=C1[C@@H]2[C@@H](N=NN2CC(=O)N2N=C(c3ccc(Cl)cc3)C[C@H]2c2ccccc2)C(=O)N1c1cccc(F)c1. The summed E-state index contributed by atoms with van der Waals surface area (Å²) in [7, 11) is 0. The number of hydrogen-bond donors (Lipinski definition) is 0. The topological polar surface area (TPSA) is 98.0 Å². The number of carbonyl (C=O) groups is 3. The van der Waals surface area contributed by atoms with E-state index < -0.39 is 35.6 Å². The van der Waals surface area contributed by atoms with Crippen molar-refractivity contribution in [2.75, 3.05) is 11.4 Å². The summed E-state index contributed by atoms with van der Waals surface area (Å²) in [5, 5.41) is 15.8. The minimum atomic E-state index is -1.10. The number of carbonyl (C=O) groups excluding carboxylic acids is 3. The highest BCUT2D eigenvalue weighted by molar-refractivity contribution is 6.30. The van der Waals surface area contributed by atoms with Gasteiger partial charge >= 0.3 is 0 Å². The Morgan fingerprint density at radius 1 is 0.974 bits per heavy atom. The lowest BCUT2D eigenvalue weighted by Gasteiger charge is -2.25. The molecular formula is C27H20ClFN6O3. The monoisotopic (exact) mass is 530 g/mol. The second-order valence-electron chi connectivity index (χ2n) is 9.11. The normalized spacial score (nSPS) is 22.3. The number of amides is 3. The maximum absolute atomic E-state index is 13.8. The van der Waals surface area contributed by atoms with Gasteiger partial charge in [0.1, 0.15) is 12.4 Å². The predicted molar refractivity (Wildman–Crippen MR) is 137 cm³/mol. The predicted octanol–water partition coefficient (Wildman–Crippen LogP) is 4.15. The highest BCUT2D eigenvalue weighted by atomic mass is 35.5. The number of benzene rings is 3. The van der Waals surface area contributed by atoms with Crippen molar-refractivity contribution in [1.29, 1.82) is 0 Å². The Kier molecular flexibility index (Phi) is 5.96. The molecule has 9 nitrogen and oxygen atoms in total. The van der Waals surface area contributed by atoms with Gasteiger partial charge in [-0.05, 0) is 41.5 Å². The smallest absolute Gasteiger partial charge is 0.264 e. The average molecular weight is 531 g/mol. The summed E-state index contributed by atoms with van der Waals surface area (Å²) in [6.07, 6.45) is 0.482. The molecule has 3 atom stereocenters. The molecule has 0 radical (unpaired) electrons. The molecule has 38 heavy (non-hydrogen) atoms. The first-order chi connectivity index (χ1) is 18.4. The van der Waals surface area contributed by atoms with Crippen molar-refractivity contribution in [1.82, 2.24) is 10.0 Å². The molecule has 190 valence electrons. The van der Waals surface area contributed by atoms with Gasteiger partial charge < -0.3 is 0 Å². The highest BCUT2D eigenvalue weighted by Gasteiger charge is 2.55. The van der Waals surface area contributed by atoms with E-state index in [1.54, 1.807) is 12.1 Å². The molecule has 3 amide bonds. The molecule has 3 aromatic carbocycles. The molecule has 1 saturated heterocycles. The van der Waals surface area contributed by atoms with Crippen LogP contribution >= 0.6 is 11.6 Å². The third-order valence-electron chi connectivity index (χ3n) is 6.75. The van der Waals surface area contributed by atoms with E-state index in [2.05, 4.69) is 15.4 Å². The Bertz CT molecular complexity index is 1500. The lowest BCUT2D eigenvalue weighted by atomic mass is 9.98. The third kappa shape index (κ3) is 4.12. The van der Waals surface area contributed by atoms with E-state index in [0.29, 0.717) is 17.2 Å². The second kappa shape index (κ2) is 9.46. The number of imide groups is 1. The van der Waals surface area contributed by atoms with Crippen LogP contribution in [0.1, 0.15) is 23.6 Å². The zero-order chi connectivity index (χ0) is 26.4. The van der Waals surface area contributed by atoms with Crippen molar-refractivity contribution in [2.45, 2.75) is 24.5 Å². The van der Waals surface area contributed by atoms with Gasteiger partial charge in [-0.2, -0.15) is 10.2 Å². The Labute approximate surface area is 221 Å². The lowest BCUT2D eigenvalue weighted by Crippen LogP contribution is -2.44. The summed E-state index contributed by atoms with van der Waals surface area (Å²) >= 11 is 6.04. The van der Waals surface area contributed by atoms with E-state index >= 15 is 0 Å². The molecule has 0 N–H and O–H groups in total. The fraction of sp³-hybridized carbons (Fsp3) is 0.185. The molecule has 0 aliphatic carbocycles. The zero-order valence-corrected chi connectivity index (χ0v) is 20.6. The van der Waals surface area contributed by atoms with E-state index in [1.807, 2.05) is 42.5 Å². The molecule has 3 aliphatic heterocycles. The van der Waals surface area contributed by atoms with Crippen LogP contribution in [-0.4, -0.2) is 52.1 Å². The van der Waals surface area contributed by atoms with E-state index in [4.69, 9.17) is 11.6 Å². The van der Waals surface area contributed by atoms with Crippen LogP contribution in [0.15, 0.2) is 94.3 Å². The number of halogens is 2. The summed E-state index contributed by atoms with van der Waals surface area (Å²) in [5.74, 6) is -2.22. The van der Waals surface area contributed by atoms with Gasteiger partial charge in [0.15, 0.2) is 12.1 Å². The number of hydrogen-bond acceptors (Lipinski definition) is 7. The van der Waals surface area contributed by atoms with Gasteiger partial charge in [0, 0.05) is 11.4 Å². The van der Waals surface area contributed by atoms with Crippen LogP contribution in [0.3, 0.4) is 0 Å². The molecular weight excluding hydrogens is 511 g/mol. The van der Waals surface area contributed by atoms with Crippen molar-refractivity contribution >= 4 is 40.7 Å². The van der Waals surface area contributed by atoms with E-state index in [-0.39, 0.29) is 18.3 Å². The molecule has 3 aromatic rings. The van der Waals surface area contributed by atoms with Crippen molar-refractivity contribution in [3.63, 3.8) is 0 Å². The fourth-order valence-electron chi connectivity index (χ4n) is 4.93. The highest BCUT2D eigenvalue weighted by Crippen LogP contribution is 2.35. The van der Waals surface area contributed by atoms with Crippen molar-refractivity contribution in [3.8, 4) is 0 Å². The van der Waals surface area contributed by atoms with Gasteiger partial charge in [-0.1, -0.05) is 65.4 Å². The maximum atomic E-state index is 13.8. The number of rotatable bonds is 5.